The van der Waals surface area contributed by atoms with E-state index in [1.807, 2.05) is 0 Å². The van der Waals surface area contributed by atoms with Gasteiger partial charge in [0.25, 0.3) is 0 Å². The van der Waals surface area contributed by atoms with Gasteiger partial charge in [-0.05, 0) is 44.4 Å². The lowest BCUT2D eigenvalue weighted by atomic mass is 9.98. The van der Waals surface area contributed by atoms with Crippen LogP contribution in [0.3, 0.4) is 0 Å². The normalized spacial score (nSPS) is 18.4. The van der Waals surface area contributed by atoms with Crippen molar-refractivity contribution in [2.24, 2.45) is 23.5 Å². The molecule has 0 radical (unpaired) electrons. The molecule has 1 rings (SSSR count). The molecule has 1 aliphatic heterocycles. The number of nitrogens with zero attached hydrogens (tertiary/aromatic N) is 1. The fraction of sp³-hybridized carbons (Fsp3) is 0.744. The molecule has 14 N–H and O–H groups in total. The fourth-order valence-corrected chi connectivity index (χ4v) is 6.28. The van der Waals surface area contributed by atoms with Crippen molar-refractivity contribution in [3.8, 4) is 0 Å². The Balaban J connectivity index is 2.91. The molecule has 24 heteroatoms. The first kappa shape index (κ1) is 55.6. The second-order valence-electron chi connectivity index (χ2n) is 16.1. The molecular weight excluding hydrogens is 832 g/mol. The van der Waals surface area contributed by atoms with Gasteiger partial charge in [-0.15, -0.1) is 0 Å². The first-order chi connectivity index (χ1) is 29.4. The van der Waals surface area contributed by atoms with Crippen molar-refractivity contribution in [1.82, 2.24) is 47.4 Å². The quantitative estimate of drug-likeness (QED) is 0.0386. The highest BCUT2D eigenvalue weighted by Gasteiger charge is 2.40. The number of hydrogen-bond acceptors (Lipinski definition) is 14. The number of rotatable bonds is 26. The highest BCUT2D eigenvalue weighted by Crippen LogP contribution is 2.20. The van der Waals surface area contributed by atoms with Gasteiger partial charge in [0.1, 0.15) is 48.8 Å². The van der Waals surface area contributed by atoms with Gasteiger partial charge in [0, 0.05) is 6.54 Å². The first-order valence-electron chi connectivity index (χ1n) is 21.0. The summed E-state index contributed by atoms with van der Waals surface area (Å²) in [5, 5.41) is 57.9. The number of hydrogen-bond donors (Lipinski definition) is 13. The molecule has 11 atom stereocenters. The standard InChI is InChI=1S/C39H68N10O14/c1-9-19(5)30(35(59)42-15-26(54)46-31(20(6)10-2)36(60)43-16-27(55)56)45-25(53)14-41-33(57)23(17-50)44-38(62)32(22(8)52)48-37(61)29(18(3)4)47-34(58)24-12-11-13-49(24)39(63)28(40)21(7)51/h18-24,28-32,50-52H,9-17,40H2,1-8H3,(H,41,57)(H,42,59)(H,43,60)(H,44,62)(H,45,53)(H,46,54)(H,47,58)(H,48,61)(H,55,56)/t19-,20-,21+,22+,23-,24-,28-,29-,30-,31-,32-/m0/s1. The molecule has 1 aliphatic rings. The third-order valence-electron chi connectivity index (χ3n) is 10.7. The average Bonchev–Trinajstić information content (AvgIpc) is 3.73. The number of nitrogens with one attached hydrogen (secondary N) is 8. The Bertz CT molecular complexity index is 1630. The molecule has 0 saturated carbocycles. The zero-order valence-electron chi connectivity index (χ0n) is 37.2. The van der Waals surface area contributed by atoms with Crippen molar-refractivity contribution < 1.29 is 68.4 Å². The molecule has 0 spiro atoms. The highest BCUT2D eigenvalue weighted by atomic mass is 16.4. The van der Waals surface area contributed by atoms with Gasteiger partial charge in [-0.1, -0.05) is 54.4 Å². The van der Waals surface area contributed by atoms with Crippen LogP contribution in [0, 0.1) is 17.8 Å². The maximum absolute atomic E-state index is 13.5. The molecular formula is C39H68N10O14. The minimum Gasteiger partial charge on any atom is -0.480 e. The number of aliphatic hydroxyl groups is 3. The second-order valence-corrected chi connectivity index (χ2v) is 16.1. The Labute approximate surface area is 366 Å². The smallest absolute Gasteiger partial charge is 0.322 e. The minimum absolute atomic E-state index is 0.201. The summed E-state index contributed by atoms with van der Waals surface area (Å²) < 4.78 is 0. The van der Waals surface area contributed by atoms with Crippen LogP contribution in [0.2, 0.25) is 0 Å². The van der Waals surface area contributed by atoms with Gasteiger partial charge in [-0.2, -0.15) is 0 Å². The van der Waals surface area contributed by atoms with Crippen molar-refractivity contribution in [3.63, 3.8) is 0 Å². The highest BCUT2D eigenvalue weighted by molar-refractivity contribution is 5.97. The molecule has 0 aliphatic carbocycles. The van der Waals surface area contributed by atoms with Crippen LogP contribution in [0.15, 0.2) is 0 Å². The summed E-state index contributed by atoms with van der Waals surface area (Å²) in [7, 11) is 0. The van der Waals surface area contributed by atoms with Gasteiger partial charge in [0.05, 0.1) is 31.9 Å². The molecule has 358 valence electrons. The van der Waals surface area contributed by atoms with Crippen LogP contribution in [0.5, 0.6) is 0 Å². The maximum atomic E-state index is 13.5. The lowest BCUT2D eigenvalue weighted by molar-refractivity contribution is -0.142. The molecule has 63 heavy (non-hydrogen) atoms. The summed E-state index contributed by atoms with van der Waals surface area (Å²) in [4.78, 5) is 129. The van der Waals surface area contributed by atoms with E-state index in [0.29, 0.717) is 19.3 Å². The SMILES string of the molecule is CC[C@H](C)[C@H](NC(=O)CNC(=O)[C@H](CO)NC(=O)[C@@H](NC(=O)[C@@H](NC(=O)[C@@H]1CCCN1C(=O)[C@@H](N)[C@@H](C)O)C(C)C)[C@@H](C)O)C(=O)NCC(=O)N[C@H](C(=O)NCC(=O)O)[C@@H](C)CC. The summed E-state index contributed by atoms with van der Waals surface area (Å²) in [6, 6.07) is -9.22. The summed E-state index contributed by atoms with van der Waals surface area (Å²) >= 11 is 0. The van der Waals surface area contributed by atoms with E-state index in [1.54, 1.807) is 41.5 Å². The Morgan fingerprint density at radius 3 is 1.52 bits per heavy atom. The number of nitrogens with two attached hydrogens (primary N) is 1. The van der Waals surface area contributed by atoms with Crippen molar-refractivity contribution in [2.75, 3.05) is 32.8 Å². The van der Waals surface area contributed by atoms with Crippen LogP contribution in [0.25, 0.3) is 0 Å². The van der Waals surface area contributed by atoms with Crippen LogP contribution in [0.4, 0.5) is 0 Å². The van der Waals surface area contributed by atoms with E-state index in [2.05, 4.69) is 42.5 Å². The number of aliphatic carboxylic acids is 1. The largest absolute Gasteiger partial charge is 0.480 e. The van der Waals surface area contributed by atoms with E-state index in [9.17, 15) is 63.3 Å². The minimum atomic E-state index is -1.71. The van der Waals surface area contributed by atoms with E-state index >= 15 is 0 Å². The van der Waals surface area contributed by atoms with Crippen LogP contribution in [-0.2, 0) is 47.9 Å². The lowest BCUT2D eigenvalue weighted by Crippen LogP contribution is -2.62. The summed E-state index contributed by atoms with van der Waals surface area (Å²) in [5.74, 6) is -10.2. The molecule has 1 fully saturated rings. The topological polar surface area (TPSA) is 377 Å². The van der Waals surface area contributed by atoms with Crippen molar-refractivity contribution in [1.29, 1.82) is 0 Å². The van der Waals surface area contributed by atoms with Gasteiger partial charge >= 0.3 is 5.97 Å². The molecule has 24 nitrogen and oxygen atoms in total. The molecule has 9 amide bonds. The predicted octanol–water partition coefficient (Wildman–Crippen LogP) is -5.34. The van der Waals surface area contributed by atoms with Gasteiger partial charge < -0.3 is 73.6 Å². The average molecular weight is 901 g/mol. The molecule has 0 bridgehead atoms. The molecule has 0 aromatic carbocycles. The second kappa shape index (κ2) is 26.9. The van der Waals surface area contributed by atoms with E-state index in [4.69, 9.17) is 10.8 Å². The van der Waals surface area contributed by atoms with Crippen molar-refractivity contribution >= 4 is 59.1 Å². The maximum Gasteiger partial charge on any atom is 0.322 e. The first-order valence-corrected chi connectivity index (χ1v) is 21.0. The molecule has 0 aromatic heterocycles. The molecule has 1 heterocycles. The van der Waals surface area contributed by atoms with Crippen LogP contribution < -0.4 is 48.3 Å². The number of aliphatic hydroxyl groups excluding tert-OH is 3. The monoisotopic (exact) mass is 900 g/mol. The summed E-state index contributed by atoms with van der Waals surface area (Å²) in [6.45, 7) is 9.74. The Morgan fingerprint density at radius 1 is 0.619 bits per heavy atom. The Morgan fingerprint density at radius 2 is 1.10 bits per heavy atom. The predicted molar refractivity (Wildman–Crippen MR) is 223 cm³/mol. The van der Waals surface area contributed by atoms with Gasteiger partial charge in [-0.25, -0.2) is 0 Å². The van der Waals surface area contributed by atoms with Gasteiger partial charge in [0.15, 0.2) is 0 Å². The lowest BCUT2D eigenvalue weighted by Gasteiger charge is -2.31. The van der Waals surface area contributed by atoms with Gasteiger partial charge in [-0.3, -0.25) is 47.9 Å². The molecule has 0 aromatic rings. The van der Waals surface area contributed by atoms with Crippen LogP contribution >= 0.6 is 0 Å². The number of carbonyl (C=O) groups excluding carboxylic acids is 9. The van der Waals surface area contributed by atoms with Crippen molar-refractivity contribution in [2.45, 2.75) is 136 Å². The molecule has 1 saturated heterocycles. The summed E-state index contributed by atoms with van der Waals surface area (Å²) in [6.07, 6.45) is -1.16. The zero-order valence-corrected chi connectivity index (χ0v) is 37.2. The number of carboxylic acid groups (broad SMARTS) is 1. The van der Waals surface area contributed by atoms with E-state index < -0.39 is 152 Å². The van der Waals surface area contributed by atoms with E-state index in [-0.39, 0.29) is 18.9 Å². The van der Waals surface area contributed by atoms with Crippen LogP contribution in [0.1, 0.15) is 81.1 Å². The number of carboxylic acids is 1. The van der Waals surface area contributed by atoms with E-state index in [1.165, 1.54) is 18.7 Å². The Kier molecular flexibility index (Phi) is 23.7. The number of carbonyl (C=O) groups is 10. The third kappa shape index (κ3) is 17.7. The number of likely N-dealkylation sites (tertiary alicyclic amines) is 1. The Hall–Kier alpha value is -5.46. The number of amides is 9. The molecule has 0 unspecified atom stereocenters. The third-order valence-corrected chi connectivity index (χ3v) is 10.7. The zero-order chi connectivity index (χ0) is 48.3. The summed E-state index contributed by atoms with van der Waals surface area (Å²) in [5.41, 5.74) is 5.80. The van der Waals surface area contributed by atoms with Crippen LogP contribution in [-0.4, -0.2) is 172 Å². The fourth-order valence-electron chi connectivity index (χ4n) is 6.28. The van der Waals surface area contributed by atoms with Crippen molar-refractivity contribution in [3.05, 3.63) is 0 Å². The van der Waals surface area contributed by atoms with E-state index in [0.717, 1.165) is 0 Å². The van der Waals surface area contributed by atoms with Gasteiger partial charge in [0.2, 0.25) is 53.2 Å².